The minimum Gasteiger partial charge on any atom is -0.289 e. The lowest BCUT2D eigenvalue weighted by atomic mass is 10.0. The predicted octanol–water partition coefficient (Wildman–Crippen LogP) is 4.05. The fraction of sp³-hybridized carbons (Fsp3) is 0. The summed E-state index contributed by atoms with van der Waals surface area (Å²) < 4.78 is 0.389. The zero-order valence-corrected chi connectivity index (χ0v) is 12.1. The summed E-state index contributed by atoms with van der Waals surface area (Å²) in [6.07, 6.45) is 0. The Morgan fingerprint density at radius 2 is 1.06 bits per heavy atom. The first-order valence-corrected chi connectivity index (χ1v) is 6.48. The van der Waals surface area contributed by atoms with E-state index < -0.39 is 0 Å². The zero-order valence-electron chi connectivity index (χ0n) is 9.48. The van der Waals surface area contributed by atoms with Crippen LogP contribution in [0.3, 0.4) is 0 Å². The average Bonchev–Trinajstić information content (AvgIpc) is 2.39. The van der Waals surface area contributed by atoms with Crippen molar-refractivity contribution in [2.75, 3.05) is 0 Å². The van der Waals surface area contributed by atoms with E-state index in [1.165, 1.54) is 0 Å². The molecule has 2 rings (SSSR count). The van der Waals surface area contributed by atoms with E-state index in [1.807, 2.05) is 60.7 Å². The Morgan fingerprint density at radius 3 is 1.33 bits per heavy atom. The molecule has 0 radical (unpaired) electrons. The molecule has 0 heterocycles. The molecule has 2 aromatic rings. The van der Waals surface area contributed by atoms with Crippen molar-refractivity contribution in [2.24, 2.45) is 0 Å². The van der Waals surface area contributed by atoms with Crippen LogP contribution in [0.4, 0.5) is 0 Å². The van der Waals surface area contributed by atoms with Gasteiger partial charge in [-0.2, -0.15) is 0 Å². The molecule has 0 aliphatic carbocycles. The van der Waals surface area contributed by atoms with Gasteiger partial charge in [0.15, 0.2) is 5.78 Å². The molecule has 0 fully saturated rings. The van der Waals surface area contributed by atoms with Crippen LogP contribution < -0.4 is 0 Å². The van der Waals surface area contributed by atoms with Gasteiger partial charge >= 0.3 is 0 Å². The molecule has 0 bridgehead atoms. The zero-order chi connectivity index (χ0) is 13.4. The number of carbonyl (C=O) groups excluding carboxylic acids is 1. The number of thiocarbonyl (C=S) groups is 1. The maximum atomic E-state index is 11.8. The second-order valence-electron chi connectivity index (χ2n) is 3.34. The Kier molecular flexibility index (Phi) is 6.72. The largest absolute Gasteiger partial charge is 0.289 e. The van der Waals surface area contributed by atoms with Gasteiger partial charge in [-0.3, -0.25) is 4.79 Å². The highest BCUT2D eigenvalue weighted by molar-refractivity contribution is 8.34. The van der Waals surface area contributed by atoms with E-state index >= 15 is 0 Å². The fourth-order valence-corrected chi connectivity index (χ4v) is 1.35. The van der Waals surface area contributed by atoms with Gasteiger partial charge in [-0.15, -0.1) is 25.3 Å². The molecule has 0 aliphatic rings. The second-order valence-corrected chi connectivity index (χ2v) is 5.60. The molecule has 4 heteroatoms. The molecule has 0 unspecified atom stereocenters. The van der Waals surface area contributed by atoms with Gasteiger partial charge in [0, 0.05) is 11.1 Å². The lowest BCUT2D eigenvalue weighted by molar-refractivity contribution is 0.103. The number of thiol groups is 2. The number of hydrogen-bond donors (Lipinski definition) is 2. The summed E-state index contributed by atoms with van der Waals surface area (Å²) in [7, 11) is 0. The van der Waals surface area contributed by atoms with Crippen molar-refractivity contribution in [1.29, 1.82) is 0 Å². The van der Waals surface area contributed by atoms with Gasteiger partial charge in [0.05, 0.1) is 3.53 Å². The SMILES string of the molecule is O=C(c1ccccc1)c1ccccc1.S=C(S)S. The summed E-state index contributed by atoms with van der Waals surface area (Å²) in [5.41, 5.74) is 1.47. The maximum Gasteiger partial charge on any atom is 0.193 e. The minimum atomic E-state index is 0.0752. The third-order valence-corrected chi connectivity index (χ3v) is 2.07. The summed E-state index contributed by atoms with van der Waals surface area (Å²) >= 11 is 11.4. The molecule has 92 valence electrons. The molecule has 0 N–H and O–H groups in total. The van der Waals surface area contributed by atoms with E-state index in [9.17, 15) is 4.79 Å². The van der Waals surface area contributed by atoms with Crippen molar-refractivity contribution >= 4 is 46.8 Å². The fourth-order valence-electron chi connectivity index (χ4n) is 1.35. The molecule has 0 saturated heterocycles. The Bertz CT molecular complexity index is 464. The van der Waals surface area contributed by atoms with Crippen LogP contribution in [-0.4, -0.2) is 9.31 Å². The molecular formula is C14H12OS3. The third-order valence-electron chi connectivity index (χ3n) is 2.07. The second kappa shape index (κ2) is 8.08. The van der Waals surface area contributed by atoms with Crippen LogP contribution in [-0.2, 0) is 0 Å². The molecule has 18 heavy (non-hydrogen) atoms. The molecule has 0 aliphatic heterocycles. The van der Waals surface area contributed by atoms with Crippen LogP contribution in [0, 0.1) is 0 Å². The van der Waals surface area contributed by atoms with Gasteiger partial charge in [0.2, 0.25) is 0 Å². The Labute approximate surface area is 123 Å². The summed E-state index contributed by atoms with van der Waals surface area (Å²) in [4.78, 5) is 11.8. The molecule has 0 saturated carbocycles. The lowest BCUT2D eigenvalue weighted by Crippen LogP contribution is -1.99. The highest BCUT2D eigenvalue weighted by atomic mass is 32.2. The molecule has 1 nitrogen and oxygen atoms in total. The first kappa shape index (κ1) is 15.0. The van der Waals surface area contributed by atoms with Gasteiger partial charge in [-0.05, 0) is 0 Å². The smallest absolute Gasteiger partial charge is 0.193 e. The highest BCUT2D eigenvalue weighted by Crippen LogP contribution is 2.08. The van der Waals surface area contributed by atoms with Crippen LogP contribution in [0.2, 0.25) is 0 Å². The van der Waals surface area contributed by atoms with E-state index in [0.717, 1.165) is 11.1 Å². The number of carbonyl (C=O) groups is 1. The lowest BCUT2D eigenvalue weighted by Gasteiger charge is -1.99. The Morgan fingerprint density at radius 1 is 0.778 bits per heavy atom. The van der Waals surface area contributed by atoms with Crippen LogP contribution in [0.1, 0.15) is 15.9 Å². The monoisotopic (exact) mass is 292 g/mol. The van der Waals surface area contributed by atoms with Crippen molar-refractivity contribution in [3.05, 3.63) is 71.8 Å². The van der Waals surface area contributed by atoms with Gasteiger partial charge in [0.1, 0.15) is 0 Å². The topological polar surface area (TPSA) is 17.1 Å². The van der Waals surface area contributed by atoms with Crippen molar-refractivity contribution in [2.45, 2.75) is 0 Å². The highest BCUT2D eigenvalue weighted by Gasteiger charge is 2.06. The maximum absolute atomic E-state index is 11.8. The van der Waals surface area contributed by atoms with Crippen molar-refractivity contribution in [1.82, 2.24) is 0 Å². The minimum absolute atomic E-state index is 0.0752. The van der Waals surface area contributed by atoms with Crippen LogP contribution in [0.15, 0.2) is 60.7 Å². The predicted molar refractivity (Wildman–Crippen MR) is 86.9 cm³/mol. The van der Waals surface area contributed by atoms with Crippen LogP contribution in [0.5, 0.6) is 0 Å². The standard InChI is InChI=1S/C13H10O.CH2S3/c14-13(11-7-3-1-4-8-11)12-9-5-2-6-10-12;2-1(3)4/h1-10H;(H2,2,3,4). The van der Waals surface area contributed by atoms with Crippen LogP contribution in [0.25, 0.3) is 0 Å². The molecule has 2 aromatic carbocycles. The molecule has 0 atom stereocenters. The quantitative estimate of drug-likeness (QED) is 0.494. The van der Waals surface area contributed by atoms with E-state index in [1.54, 1.807) is 0 Å². The van der Waals surface area contributed by atoms with Gasteiger partial charge in [-0.1, -0.05) is 72.9 Å². The summed E-state index contributed by atoms with van der Waals surface area (Å²) in [6, 6.07) is 18.6. The van der Waals surface area contributed by atoms with Crippen molar-refractivity contribution in [3.63, 3.8) is 0 Å². The number of hydrogen-bond acceptors (Lipinski definition) is 2. The average molecular weight is 292 g/mol. The van der Waals surface area contributed by atoms with Gasteiger partial charge in [0.25, 0.3) is 0 Å². The number of ketones is 1. The van der Waals surface area contributed by atoms with E-state index in [2.05, 4.69) is 37.5 Å². The van der Waals surface area contributed by atoms with Gasteiger partial charge in [-0.25, -0.2) is 0 Å². The van der Waals surface area contributed by atoms with Crippen molar-refractivity contribution < 1.29 is 4.79 Å². The van der Waals surface area contributed by atoms with Gasteiger partial charge < -0.3 is 0 Å². The Hall–Kier alpha value is -1.10. The number of rotatable bonds is 2. The van der Waals surface area contributed by atoms with E-state index in [-0.39, 0.29) is 5.78 Å². The molecule has 0 aromatic heterocycles. The normalized spacial score (nSPS) is 9.00. The first-order valence-electron chi connectivity index (χ1n) is 5.18. The summed E-state index contributed by atoms with van der Waals surface area (Å²) in [6.45, 7) is 0. The molecule has 0 amide bonds. The third kappa shape index (κ3) is 5.49. The number of benzene rings is 2. The molecule has 0 spiro atoms. The summed E-state index contributed by atoms with van der Waals surface area (Å²) in [5.74, 6) is 0.0752. The van der Waals surface area contributed by atoms with E-state index in [0.29, 0.717) is 3.53 Å². The first-order chi connectivity index (χ1) is 8.61. The van der Waals surface area contributed by atoms with Crippen molar-refractivity contribution in [3.8, 4) is 0 Å². The summed E-state index contributed by atoms with van der Waals surface area (Å²) in [5, 5.41) is 0. The van der Waals surface area contributed by atoms with Crippen LogP contribution >= 0.6 is 37.5 Å². The Balaban J connectivity index is 0.000000357. The van der Waals surface area contributed by atoms with E-state index in [4.69, 9.17) is 0 Å². The molecular weight excluding hydrogens is 280 g/mol.